The Hall–Kier alpha value is -3.07. The summed E-state index contributed by atoms with van der Waals surface area (Å²) in [5.41, 5.74) is 0.406. The molecule has 0 bridgehead atoms. The summed E-state index contributed by atoms with van der Waals surface area (Å²) in [6.45, 7) is 6.61. The second-order valence-corrected chi connectivity index (χ2v) is 12.5. The number of hydrogen-bond acceptors (Lipinski definition) is 4. The first-order valence-electron chi connectivity index (χ1n) is 12.0. The van der Waals surface area contributed by atoms with Crippen LogP contribution in [0.4, 0.5) is 5.69 Å². The number of anilines is 1. The molecule has 0 spiro atoms. The summed E-state index contributed by atoms with van der Waals surface area (Å²) in [5.74, 6) is -0.937. The van der Waals surface area contributed by atoms with E-state index in [0.717, 1.165) is 4.31 Å². The quantitative estimate of drug-likeness (QED) is 0.364. The zero-order valence-corrected chi connectivity index (χ0v) is 24.0. The molecular weight excluding hydrogens is 545 g/mol. The van der Waals surface area contributed by atoms with Crippen LogP contribution >= 0.6 is 23.2 Å². The monoisotopic (exact) mass is 575 g/mol. The molecular formula is C28H31Cl2N3O4S. The number of carbonyl (C=O) groups is 2. The zero-order chi connectivity index (χ0) is 28.1. The lowest BCUT2D eigenvalue weighted by Gasteiger charge is -2.33. The molecule has 3 aromatic carbocycles. The van der Waals surface area contributed by atoms with Crippen LogP contribution < -0.4 is 9.62 Å². The minimum absolute atomic E-state index is 0.0147. The SMILES string of the molecule is CC(C(=O)NC(C)(C)C)N(Cc1ccccc1Cl)C(=O)CN(c1ccccc1)S(=O)(=O)c1ccc(Cl)cc1. The molecule has 0 heterocycles. The molecule has 0 radical (unpaired) electrons. The highest BCUT2D eigenvalue weighted by atomic mass is 35.5. The predicted octanol–water partition coefficient (Wildman–Crippen LogP) is 5.52. The smallest absolute Gasteiger partial charge is 0.264 e. The van der Waals surface area contributed by atoms with Crippen molar-refractivity contribution in [3.63, 3.8) is 0 Å². The van der Waals surface area contributed by atoms with E-state index in [1.165, 1.54) is 29.2 Å². The fraction of sp³-hybridized carbons (Fsp3) is 0.286. The number of nitrogens with zero attached hydrogens (tertiary/aromatic N) is 2. The lowest BCUT2D eigenvalue weighted by molar-refractivity contribution is -0.140. The summed E-state index contributed by atoms with van der Waals surface area (Å²) >= 11 is 12.3. The number of amides is 2. The van der Waals surface area contributed by atoms with Crippen LogP contribution in [0.2, 0.25) is 10.0 Å². The average Bonchev–Trinajstić information content (AvgIpc) is 2.86. The van der Waals surface area contributed by atoms with Gasteiger partial charge in [0.2, 0.25) is 11.8 Å². The minimum atomic E-state index is -4.15. The number of para-hydroxylation sites is 1. The van der Waals surface area contributed by atoms with Gasteiger partial charge in [-0.1, -0.05) is 59.6 Å². The Kier molecular flexibility index (Phi) is 9.46. The maximum atomic E-state index is 13.9. The number of carbonyl (C=O) groups excluding carboxylic acids is 2. The Balaban J connectivity index is 2.02. The Morgan fingerprint density at radius 3 is 2.05 bits per heavy atom. The van der Waals surface area contributed by atoms with Gasteiger partial charge in [0.15, 0.2) is 0 Å². The number of rotatable bonds is 9. The van der Waals surface area contributed by atoms with E-state index in [2.05, 4.69) is 5.32 Å². The van der Waals surface area contributed by atoms with Crippen LogP contribution in [0.5, 0.6) is 0 Å². The molecule has 1 unspecified atom stereocenters. The van der Waals surface area contributed by atoms with Crippen molar-refractivity contribution < 1.29 is 18.0 Å². The summed E-state index contributed by atoms with van der Waals surface area (Å²) in [7, 11) is -4.15. The number of sulfonamides is 1. The van der Waals surface area contributed by atoms with E-state index >= 15 is 0 Å². The van der Waals surface area contributed by atoms with Crippen molar-refractivity contribution in [1.82, 2.24) is 10.2 Å². The van der Waals surface area contributed by atoms with Gasteiger partial charge in [-0.2, -0.15) is 0 Å². The van der Waals surface area contributed by atoms with Crippen LogP contribution in [0.25, 0.3) is 0 Å². The molecule has 0 saturated heterocycles. The number of halogens is 2. The van der Waals surface area contributed by atoms with Crippen LogP contribution in [0.15, 0.2) is 83.8 Å². The predicted molar refractivity (Wildman–Crippen MR) is 152 cm³/mol. The summed E-state index contributed by atoms with van der Waals surface area (Å²) in [5, 5.41) is 3.71. The Labute approximate surface area is 234 Å². The molecule has 7 nitrogen and oxygen atoms in total. The van der Waals surface area contributed by atoms with Gasteiger partial charge in [-0.25, -0.2) is 8.42 Å². The van der Waals surface area contributed by atoms with E-state index in [1.54, 1.807) is 61.5 Å². The van der Waals surface area contributed by atoms with Crippen molar-refractivity contribution in [3.8, 4) is 0 Å². The van der Waals surface area contributed by atoms with E-state index in [-0.39, 0.29) is 17.3 Å². The van der Waals surface area contributed by atoms with Gasteiger partial charge in [-0.15, -0.1) is 0 Å². The summed E-state index contributed by atoms with van der Waals surface area (Å²) in [6.07, 6.45) is 0. The molecule has 202 valence electrons. The van der Waals surface area contributed by atoms with Crippen LogP contribution in [0.1, 0.15) is 33.3 Å². The van der Waals surface area contributed by atoms with Crippen molar-refractivity contribution in [2.45, 2.75) is 50.7 Å². The highest BCUT2D eigenvalue weighted by Crippen LogP contribution is 2.26. The number of benzene rings is 3. The maximum Gasteiger partial charge on any atom is 0.264 e. The van der Waals surface area contributed by atoms with Crippen molar-refractivity contribution in [3.05, 3.63) is 94.5 Å². The average molecular weight is 577 g/mol. The Morgan fingerprint density at radius 2 is 1.47 bits per heavy atom. The van der Waals surface area contributed by atoms with Gasteiger partial charge in [0.1, 0.15) is 12.6 Å². The van der Waals surface area contributed by atoms with E-state index in [9.17, 15) is 18.0 Å². The van der Waals surface area contributed by atoms with E-state index < -0.39 is 34.1 Å². The van der Waals surface area contributed by atoms with Gasteiger partial charge < -0.3 is 10.2 Å². The molecule has 2 amide bonds. The third-order valence-corrected chi connectivity index (χ3v) is 8.10. The van der Waals surface area contributed by atoms with Crippen molar-refractivity contribution in [2.75, 3.05) is 10.8 Å². The molecule has 0 saturated carbocycles. The highest BCUT2D eigenvalue weighted by molar-refractivity contribution is 7.92. The summed E-state index contributed by atoms with van der Waals surface area (Å²) < 4.78 is 28.5. The van der Waals surface area contributed by atoms with Gasteiger partial charge in [0.05, 0.1) is 10.6 Å². The van der Waals surface area contributed by atoms with Crippen molar-refractivity contribution in [1.29, 1.82) is 0 Å². The number of nitrogens with one attached hydrogen (secondary N) is 1. The third-order valence-electron chi connectivity index (χ3n) is 5.69. The van der Waals surface area contributed by atoms with Crippen LogP contribution in [-0.4, -0.2) is 43.3 Å². The van der Waals surface area contributed by atoms with Gasteiger partial charge in [0, 0.05) is 22.1 Å². The van der Waals surface area contributed by atoms with Crippen molar-refractivity contribution in [2.24, 2.45) is 0 Å². The van der Waals surface area contributed by atoms with Gasteiger partial charge >= 0.3 is 0 Å². The van der Waals surface area contributed by atoms with Crippen LogP contribution in [0.3, 0.4) is 0 Å². The van der Waals surface area contributed by atoms with Gasteiger partial charge in [-0.3, -0.25) is 13.9 Å². The van der Waals surface area contributed by atoms with Gasteiger partial charge in [-0.05, 0) is 75.7 Å². The van der Waals surface area contributed by atoms with E-state index in [4.69, 9.17) is 23.2 Å². The molecule has 0 aliphatic heterocycles. The normalized spacial score (nSPS) is 12.5. The molecule has 10 heteroatoms. The zero-order valence-electron chi connectivity index (χ0n) is 21.7. The fourth-order valence-corrected chi connectivity index (χ4v) is 5.46. The number of hydrogen-bond donors (Lipinski definition) is 1. The first-order chi connectivity index (χ1) is 17.8. The first kappa shape index (κ1) is 29.5. The second-order valence-electron chi connectivity index (χ2n) is 9.83. The molecule has 1 N–H and O–H groups in total. The molecule has 0 aromatic heterocycles. The topological polar surface area (TPSA) is 86.8 Å². The lowest BCUT2D eigenvalue weighted by atomic mass is 10.1. The molecule has 3 rings (SSSR count). The summed E-state index contributed by atoms with van der Waals surface area (Å²) in [4.78, 5) is 28.3. The maximum absolute atomic E-state index is 13.9. The molecule has 0 aliphatic rings. The largest absolute Gasteiger partial charge is 0.350 e. The molecule has 1 atom stereocenters. The first-order valence-corrected chi connectivity index (χ1v) is 14.2. The second kappa shape index (κ2) is 12.2. The molecule has 38 heavy (non-hydrogen) atoms. The van der Waals surface area contributed by atoms with Gasteiger partial charge in [0.25, 0.3) is 10.0 Å². The molecule has 0 fully saturated rings. The molecule has 0 aliphatic carbocycles. The Morgan fingerprint density at radius 1 is 0.895 bits per heavy atom. The van der Waals surface area contributed by atoms with Crippen molar-refractivity contribution >= 4 is 50.7 Å². The minimum Gasteiger partial charge on any atom is -0.350 e. The van der Waals surface area contributed by atoms with E-state index in [1.807, 2.05) is 20.8 Å². The standard InChI is InChI=1S/C28H31Cl2N3O4S/c1-20(27(35)31-28(2,3)4)32(18-21-10-8-9-13-25(21)30)26(34)19-33(23-11-6-5-7-12-23)38(36,37)24-16-14-22(29)15-17-24/h5-17,20H,18-19H2,1-4H3,(H,31,35). The lowest BCUT2D eigenvalue weighted by Crippen LogP contribution is -2.54. The summed E-state index contributed by atoms with van der Waals surface area (Å²) in [6, 6.07) is 20.2. The molecule has 3 aromatic rings. The fourth-order valence-electron chi connectivity index (χ4n) is 3.72. The highest BCUT2D eigenvalue weighted by Gasteiger charge is 2.33. The third kappa shape index (κ3) is 7.49. The van der Waals surface area contributed by atoms with Crippen LogP contribution in [-0.2, 0) is 26.2 Å². The van der Waals surface area contributed by atoms with Crippen LogP contribution in [0, 0.1) is 0 Å². The van der Waals surface area contributed by atoms with E-state index in [0.29, 0.717) is 21.3 Å². The Bertz CT molecular complexity index is 1380.